The maximum absolute atomic E-state index is 9.38. The topological polar surface area (TPSA) is 50.7 Å². The first-order valence-electron chi connectivity index (χ1n) is 6.07. The molecule has 4 nitrogen and oxygen atoms in total. The van der Waals surface area contributed by atoms with E-state index in [9.17, 15) is 5.11 Å². The molecule has 106 valence electrons. The number of nitrogens with one attached hydrogen (secondary N) is 1. The average molecular weight is 294 g/mol. The lowest BCUT2D eigenvalue weighted by Crippen LogP contribution is -2.02. The van der Waals surface area contributed by atoms with E-state index < -0.39 is 0 Å². The van der Waals surface area contributed by atoms with Crippen molar-refractivity contribution in [2.45, 2.75) is 6.54 Å². The number of halogens is 1. The summed E-state index contributed by atoms with van der Waals surface area (Å²) in [4.78, 5) is 0. The van der Waals surface area contributed by atoms with Crippen molar-refractivity contribution in [1.82, 2.24) is 0 Å². The van der Waals surface area contributed by atoms with E-state index in [1.807, 2.05) is 18.2 Å². The first kappa shape index (κ1) is 14.3. The van der Waals surface area contributed by atoms with Crippen LogP contribution in [-0.2, 0) is 6.54 Å². The molecule has 2 aromatic rings. The van der Waals surface area contributed by atoms with E-state index >= 15 is 0 Å². The van der Waals surface area contributed by atoms with Gasteiger partial charge in [-0.05, 0) is 36.4 Å². The van der Waals surface area contributed by atoms with Crippen LogP contribution in [0.25, 0.3) is 0 Å². The van der Waals surface area contributed by atoms with E-state index in [4.69, 9.17) is 21.1 Å². The summed E-state index contributed by atoms with van der Waals surface area (Å²) in [6, 6.07) is 10.6. The van der Waals surface area contributed by atoms with Gasteiger partial charge in [-0.15, -0.1) is 0 Å². The molecule has 5 heteroatoms. The molecule has 0 saturated heterocycles. The summed E-state index contributed by atoms with van der Waals surface area (Å²) >= 11 is 5.87. The summed E-state index contributed by atoms with van der Waals surface area (Å²) in [5.41, 5.74) is 1.79. The molecule has 2 aromatic carbocycles. The fourth-order valence-electron chi connectivity index (χ4n) is 1.83. The monoisotopic (exact) mass is 293 g/mol. The second-order valence-electron chi connectivity index (χ2n) is 4.20. The fourth-order valence-corrected chi connectivity index (χ4v) is 2.01. The molecule has 0 aliphatic heterocycles. The lowest BCUT2D eigenvalue weighted by Gasteiger charge is -2.12. The maximum Gasteiger partial charge on any atom is 0.134 e. The average Bonchev–Trinajstić information content (AvgIpc) is 2.48. The third-order valence-corrected chi connectivity index (χ3v) is 3.22. The highest BCUT2D eigenvalue weighted by molar-refractivity contribution is 6.32. The van der Waals surface area contributed by atoms with E-state index in [0.29, 0.717) is 11.6 Å². The largest absolute Gasteiger partial charge is 0.506 e. The molecule has 0 fully saturated rings. The van der Waals surface area contributed by atoms with Gasteiger partial charge in [0.25, 0.3) is 0 Å². The summed E-state index contributed by atoms with van der Waals surface area (Å²) < 4.78 is 10.5. The Morgan fingerprint density at radius 2 is 1.90 bits per heavy atom. The molecule has 0 bridgehead atoms. The molecule has 0 aromatic heterocycles. The van der Waals surface area contributed by atoms with Gasteiger partial charge < -0.3 is 19.9 Å². The fraction of sp³-hybridized carbons (Fsp3) is 0.200. The maximum atomic E-state index is 9.38. The van der Waals surface area contributed by atoms with Crippen LogP contribution in [0.1, 0.15) is 5.56 Å². The quantitative estimate of drug-likeness (QED) is 0.826. The number of anilines is 1. The Morgan fingerprint density at radius 3 is 2.55 bits per heavy atom. The first-order valence-corrected chi connectivity index (χ1v) is 6.45. The zero-order valence-electron chi connectivity index (χ0n) is 11.3. The Kier molecular flexibility index (Phi) is 4.58. The molecule has 0 spiro atoms. The van der Waals surface area contributed by atoms with Crippen LogP contribution in [0.2, 0.25) is 5.02 Å². The van der Waals surface area contributed by atoms with Gasteiger partial charge in [0.05, 0.1) is 19.2 Å². The standard InChI is InChI=1S/C15H16ClNO3/c1-19-12-4-6-15(20-2)10(7-12)9-17-11-3-5-14(18)13(16)8-11/h3-8,17-18H,9H2,1-2H3. The van der Waals surface area contributed by atoms with Crippen LogP contribution < -0.4 is 14.8 Å². The van der Waals surface area contributed by atoms with Gasteiger partial charge in [-0.2, -0.15) is 0 Å². The van der Waals surface area contributed by atoms with Gasteiger partial charge >= 0.3 is 0 Å². The molecule has 20 heavy (non-hydrogen) atoms. The molecule has 0 atom stereocenters. The minimum Gasteiger partial charge on any atom is -0.506 e. The van der Waals surface area contributed by atoms with Gasteiger partial charge in [0.15, 0.2) is 0 Å². The predicted molar refractivity (Wildman–Crippen MR) is 80.0 cm³/mol. The Labute approximate surface area is 122 Å². The molecular weight excluding hydrogens is 278 g/mol. The molecule has 0 amide bonds. The highest BCUT2D eigenvalue weighted by Gasteiger charge is 2.06. The van der Waals surface area contributed by atoms with Crippen molar-refractivity contribution in [2.24, 2.45) is 0 Å². The number of hydrogen-bond acceptors (Lipinski definition) is 4. The number of rotatable bonds is 5. The summed E-state index contributed by atoms with van der Waals surface area (Å²) in [5, 5.41) is 12.9. The minimum atomic E-state index is 0.0659. The van der Waals surface area contributed by atoms with Gasteiger partial charge in [0.1, 0.15) is 17.2 Å². The summed E-state index contributed by atoms with van der Waals surface area (Å²) in [6.45, 7) is 0.557. The molecule has 0 unspecified atom stereocenters. The van der Waals surface area contributed by atoms with E-state index in [2.05, 4.69) is 5.32 Å². The number of ether oxygens (including phenoxy) is 2. The van der Waals surface area contributed by atoms with Crippen molar-refractivity contribution in [3.63, 3.8) is 0 Å². The van der Waals surface area contributed by atoms with Crippen LogP contribution in [0.3, 0.4) is 0 Å². The number of aromatic hydroxyl groups is 1. The molecule has 0 aliphatic carbocycles. The van der Waals surface area contributed by atoms with E-state index in [1.54, 1.807) is 32.4 Å². The Morgan fingerprint density at radius 1 is 1.10 bits per heavy atom. The number of phenolic OH excluding ortho intramolecular Hbond substituents is 1. The van der Waals surface area contributed by atoms with Gasteiger partial charge in [-0.1, -0.05) is 11.6 Å². The second kappa shape index (κ2) is 6.39. The smallest absolute Gasteiger partial charge is 0.134 e. The molecule has 2 rings (SSSR count). The van der Waals surface area contributed by atoms with Crippen LogP contribution in [0.5, 0.6) is 17.2 Å². The third kappa shape index (κ3) is 3.27. The summed E-state index contributed by atoms with van der Waals surface area (Å²) in [6.07, 6.45) is 0. The zero-order valence-corrected chi connectivity index (χ0v) is 12.1. The molecule has 0 heterocycles. The second-order valence-corrected chi connectivity index (χ2v) is 4.60. The van der Waals surface area contributed by atoms with Crippen molar-refractivity contribution >= 4 is 17.3 Å². The van der Waals surface area contributed by atoms with E-state index in [1.165, 1.54) is 0 Å². The molecule has 0 aliphatic rings. The molecule has 2 N–H and O–H groups in total. The van der Waals surface area contributed by atoms with Crippen LogP contribution in [-0.4, -0.2) is 19.3 Å². The van der Waals surface area contributed by atoms with E-state index in [0.717, 1.165) is 22.7 Å². The summed E-state index contributed by atoms with van der Waals surface area (Å²) in [5.74, 6) is 1.62. The van der Waals surface area contributed by atoms with Crippen LogP contribution in [0.15, 0.2) is 36.4 Å². The normalized spacial score (nSPS) is 10.2. The molecule has 0 saturated carbocycles. The van der Waals surface area contributed by atoms with Gasteiger partial charge in [-0.3, -0.25) is 0 Å². The Hall–Kier alpha value is -2.07. The summed E-state index contributed by atoms with van der Waals surface area (Å²) in [7, 11) is 3.25. The lowest BCUT2D eigenvalue weighted by atomic mass is 10.2. The highest BCUT2D eigenvalue weighted by atomic mass is 35.5. The number of phenols is 1. The predicted octanol–water partition coefficient (Wildman–Crippen LogP) is 3.67. The Bertz CT molecular complexity index is 602. The number of methoxy groups -OCH3 is 2. The highest BCUT2D eigenvalue weighted by Crippen LogP contribution is 2.28. The van der Waals surface area contributed by atoms with Crippen LogP contribution in [0.4, 0.5) is 5.69 Å². The number of hydrogen-bond donors (Lipinski definition) is 2. The van der Waals surface area contributed by atoms with Gasteiger partial charge in [-0.25, -0.2) is 0 Å². The Balaban J connectivity index is 2.15. The van der Waals surface area contributed by atoms with Crippen molar-refractivity contribution in [1.29, 1.82) is 0 Å². The lowest BCUT2D eigenvalue weighted by molar-refractivity contribution is 0.399. The van der Waals surface area contributed by atoms with Gasteiger partial charge in [0.2, 0.25) is 0 Å². The van der Waals surface area contributed by atoms with Crippen LogP contribution in [0, 0.1) is 0 Å². The molecular formula is C15H16ClNO3. The van der Waals surface area contributed by atoms with E-state index in [-0.39, 0.29) is 5.75 Å². The first-order chi connectivity index (χ1) is 9.63. The van der Waals surface area contributed by atoms with Crippen molar-refractivity contribution < 1.29 is 14.6 Å². The number of benzene rings is 2. The van der Waals surface area contributed by atoms with Crippen molar-refractivity contribution in [3.05, 3.63) is 47.0 Å². The van der Waals surface area contributed by atoms with Crippen LogP contribution >= 0.6 is 11.6 Å². The van der Waals surface area contributed by atoms with Crippen molar-refractivity contribution in [3.8, 4) is 17.2 Å². The minimum absolute atomic E-state index is 0.0659. The van der Waals surface area contributed by atoms with Gasteiger partial charge in [0, 0.05) is 17.8 Å². The van der Waals surface area contributed by atoms with Crippen molar-refractivity contribution in [2.75, 3.05) is 19.5 Å². The molecule has 0 radical (unpaired) electrons. The SMILES string of the molecule is COc1ccc(OC)c(CNc2ccc(O)c(Cl)c2)c1. The third-order valence-electron chi connectivity index (χ3n) is 2.92. The zero-order chi connectivity index (χ0) is 14.5.